The number of nitrogens with one attached hydrogen (secondary N) is 1. The van der Waals surface area contributed by atoms with Crippen molar-refractivity contribution in [2.45, 2.75) is 13.8 Å². The lowest BCUT2D eigenvalue weighted by atomic mass is 10.2. The molecule has 0 saturated carbocycles. The monoisotopic (exact) mass is 312 g/mol. The van der Waals surface area contributed by atoms with Crippen LogP contribution in [0.25, 0.3) is 11.0 Å². The van der Waals surface area contributed by atoms with Crippen molar-refractivity contribution in [3.63, 3.8) is 0 Å². The number of benzene rings is 1. The van der Waals surface area contributed by atoms with E-state index in [1.807, 2.05) is 19.1 Å². The second kappa shape index (κ2) is 5.64. The average molecular weight is 312 g/mol. The van der Waals surface area contributed by atoms with Gasteiger partial charge in [0.15, 0.2) is 23.4 Å². The molecule has 3 rings (SSSR count). The Morgan fingerprint density at radius 3 is 2.74 bits per heavy atom. The molecule has 6 heteroatoms. The molecule has 1 aromatic carbocycles. The molecule has 0 unspecified atom stereocenters. The minimum atomic E-state index is -0.400. The summed E-state index contributed by atoms with van der Waals surface area (Å²) in [6.45, 7) is 3.57. The molecule has 118 valence electrons. The van der Waals surface area contributed by atoms with Gasteiger partial charge in [-0.3, -0.25) is 19.7 Å². The lowest BCUT2D eigenvalue weighted by Crippen LogP contribution is -2.24. The van der Waals surface area contributed by atoms with Crippen molar-refractivity contribution in [3.05, 3.63) is 53.0 Å². The predicted octanol–water partition coefficient (Wildman–Crippen LogP) is 3.06. The number of carbonyl (C=O) groups is 2. The van der Waals surface area contributed by atoms with Crippen LogP contribution in [0.15, 0.2) is 34.7 Å². The summed E-state index contributed by atoms with van der Waals surface area (Å²) < 4.78 is 12.4. The first-order chi connectivity index (χ1) is 11.0. The number of carbonyl (C=O) groups excluding carboxylic acids is 2. The zero-order valence-corrected chi connectivity index (χ0v) is 13.0. The molecular weight excluding hydrogens is 296 g/mol. The summed E-state index contributed by atoms with van der Waals surface area (Å²) in [6, 6.07) is 8.81. The molecule has 1 N–H and O–H groups in total. The van der Waals surface area contributed by atoms with Gasteiger partial charge in [-0.1, -0.05) is 12.1 Å². The van der Waals surface area contributed by atoms with Crippen LogP contribution in [0.3, 0.4) is 0 Å². The van der Waals surface area contributed by atoms with Crippen molar-refractivity contribution in [2.75, 3.05) is 12.5 Å². The first kappa shape index (κ1) is 14.9. The molecule has 0 aliphatic carbocycles. The zero-order valence-electron chi connectivity index (χ0n) is 13.0. The van der Waals surface area contributed by atoms with Crippen LogP contribution in [0.4, 0.5) is 0 Å². The maximum Gasteiger partial charge on any atom is 0.305 e. The van der Waals surface area contributed by atoms with E-state index in [2.05, 4.69) is 5.43 Å². The first-order valence-corrected chi connectivity index (χ1v) is 7.07. The number of hydrogen-bond acceptors (Lipinski definition) is 4. The van der Waals surface area contributed by atoms with E-state index in [0.29, 0.717) is 22.6 Å². The van der Waals surface area contributed by atoms with Crippen LogP contribution in [0, 0.1) is 13.8 Å². The summed E-state index contributed by atoms with van der Waals surface area (Å²) in [7, 11) is 1.55. The van der Waals surface area contributed by atoms with Gasteiger partial charge in [0.25, 0.3) is 0 Å². The maximum absolute atomic E-state index is 12.4. The minimum Gasteiger partial charge on any atom is -0.493 e. The third-order valence-electron chi connectivity index (χ3n) is 3.76. The van der Waals surface area contributed by atoms with Crippen LogP contribution in [0.1, 0.15) is 32.3 Å². The third kappa shape index (κ3) is 2.48. The molecule has 0 fully saturated rings. The van der Waals surface area contributed by atoms with E-state index >= 15 is 0 Å². The topological polar surface area (TPSA) is 73.5 Å². The molecule has 2 heterocycles. The van der Waals surface area contributed by atoms with Gasteiger partial charge in [-0.2, -0.15) is 0 Å². The van der Waals surface area contributed by atoms with Crippen molar-refractivity contribution in [1.82, 2.24) is 4.68 Å². The van der Waals surface area contributed by atoms with Gasteiger partial charge in [0.1, 0.15) is 0 Å². The normalized spacial score (nSPS) is 10.7. The smallest absolute Gasteiger partial charge is 0.305 e. The number of aryl methyl sites for hydroxylation is 1. The largest absolute Gasteiger partial charge is 0.493 e. The summed E-state index contributed by atoms with van der Waals surface area (Å²) in [6.07, 6.45) is 0.761. The SMILES string of the molecule is COc1cccc2cc(C(=O)Nn3c(C)cc(C=O)c3C)oc12. The van der Waals surface area contributed by atoms with Crippen LogP contribution >= 0.6 is 0 Å². The Balaban J connectivity index is 1.95. The molecule has 1 amide bonds. The van der Waals surface area contributed by atoms with Gasteiger partial charge < -0.3 is 9.15 Å². The van der Waals surface area contributed by atoms with E-state index in [1.54, 1.807) is 36.9 Å². The molecule has 0 aliphatic rings. The van der Waals surface area contributed by atoms with Crippen molar-refractivity contribution < 1.29 is 18.7 Å². The first-order valence-electron chi connectivity index (χ1n) is 7.07. The summed E-state index contributed by atoms with van der Waals surface area (Å²) in [4.78, 5) is 23.4. The van der Waals surface area contributed by atoms with Crippen LogP contribution in [0.2, 0.25) is 0 Å². The molecule has 23 heavy (non-hydrogen) atoms. The number of rotatable bonds is 4. The lowest BCUT2D eigenvalue weighted by Gasteiger charge is -2.09. The Hall–Kier alpha value is -3.02. The van der Waals surface area contributed by atoms with Crippen LogP contribution < -0.4 is 10.2 Å². The van der Waals surface area contributed by atoms with Crippen molar-refractivity contribution in [2.24, 2.45) is 0 Å². The number of furan rings is 1. The molecule has 6 nitrogen and oxygen atoms in total. The second-order valence-corrected chi connectivity index (χ2v) is 5.21. The van der Waals surface area contributed by atoms with Gasteiger partial charge in [-0.25, -0.2) is 0 Å². The van der Waals surface area contributed by atoms with Crippen molar-refractivity contribution >= 4 is 23.2 Å². The molecule has 0 atom stereocenters. The Bertz CT molecular complexity index is 905. The number of methoxy groups -OCH3 is 1. The molecule has 0 spiro atoms. The number of aromatic nitrogens is 1. The third-order valence-corrected chi connectivity index (χ3v) is 3.76. The lowest BCUT2D eigenvalue weighted by molar-refractivity contribution is 0.0981. The Labute approximate surface area is 132 Å². The predicted molar refractivity (Wildman–Crippen MR) is 85.8 cm³/mol. The number of para-hydroxylation sites is 1. The number of ether oxygens (including phenoxy) is 1. The maximum atomic E-state index is 12.4. The standard InChI is InChI=1S/C17H16N2O4/c1-10-7-13(9-20)11(2)19(10)18-17(21)15-8-12-5-4-6-14(22-3)16(12)23-15/h4-9H,1-3H3,(H,18,21). The highest BCUT2D eigenvalue weighted by Gasteiger charge is 2.17. The number of aldehydes is 1. The van der Waals surface area contributed by atoms with E-state index in [9.17, 15) is 9.59 Å². The average Bonchev–Trinajstić information content (AvgIpc) is 3.10. The summed E-state index contributed by atoms with van der Waals surface area (Å²) >= 11 is 0. The van der Waals surface area contributed by atoms with E-state index in [1.165, 1.54) is 0 Å². The molecule has 0 aliphatic heterocycles. The quantitative estimate of drug-likeness (QED) is 0.751. The number of hydrogen-bond donors (Lipinski definition) is 1. The van der Waals surface area contributed by atoms with Crippen molar-refractivity contribution in [1.29, 1.82) is 0 Å². The molecular formula is C17H16N2O4. The van der Waals surface area contributed by atoms with Gasteiger partial charge in [-0.05, 0) is 32.0 Å². The van der Waals surface area contributed by atoms with Gasteiger partial charge in [0.2, 0.25) is 0 Å². The van der Waals surface area contributed by atoms with Gasteiger partial charge in [-0.15, -0.1) is 0 Å². The number of amides is 1. The Kier molecular flexibility index (Phi) is 3.65. The molecule has 0 bridgehead atoms. The molecule has 0 radical (unpaired) electrons. The zero-order chi connectivity index (χ0) is 16.6. The van der Waals surface area contributed by atoms with Crippen LogP contribution in [-0.2, 0) is 0 Å². The van der Waals surface area contributed by atoms with E-state index in [-0.39, 0.29) is 5.76 Å². The van der Waals surface area contributed by atoms with E-state index in [0.717, 1.165) is 17.4 Å². The minimum absolute atomic E-state index is 0.171. The number of nitrogens with zero attached hydrogens (tertiary/aromatic N) is 1. The van der Waals surface area contributed by atoms with Gasteiger partial charge in [0, 0.05) is 22.3 Å². The highest BCUT2D eigenvalue weighted by Crippen LogP contribution is 2.28. The highest BCUT2D eigenvalue weighted by atomic mass is 16.5. The summed E-state index contributed by atoms with van der Waals surface area (Å²) in [5, 5.41) is 0.782. The van der Waals surface area contributed by atoms with Crippen molar-refractivity contribution in [3.8, 4) is 5.75 Å². The Morgan fingerprint density at radius 1 is 1.30 bits per heavy atom. The second-order valence-electron chi connectivity index (χ2n) is 5.21. The van der Waals surface area contributed by atoms with E-state index < -0.39 is 5.91 Å². The van der Waals surface area contributed by atoms with Crippen LogP contribution in [0.5, 0.6) is 5.75 Å². The van der Waals surface area contributed by atoms with E-state index in [4.69, 9.17) is 9.15 Å². The van der Waals surface area contributed by atoms with Gasteiger partial charge >= 0.3 is 5.91 Å². The Morgan fingerprint density at radius 2 is 2.09 bits per heavy atom. The molecule has 2 aromatic heterocycles. The molecule has 3 aromatic rings. The number of fused-ring (bicyclic) bond motifs is 1. The molecule has 0 saturated heterocycles. The van der Waals surface area contributed by atoms with Gasteiger partial charge in [0.05, 0.1) is 7.11 Å². The fourth-order valence-electron chi connectivity index (χ4n) is 2.54. The highest BCUT2D eigenvalue weighted by molar-refractivity contribution is 6.01. The summed E-state index contributed by atoms with van der Waals surface area (Å²) in [5.41, 5.74) is 5.21. The van der Waals surface area contributed by atoms with Crippen LogP contribution in [-0.4, -0.2) is 24.0 Å². The fourth-order valence-corrected chi connectivity index (χ4v) is 2.54. The fraction of sp³-hybridized carbons (Fsp3) is 0.176. The summed E-state index contributed by atoms with van der Waals surface area (Å²) in [5.74, 6) is 0.338.